The van der Waals surface area contributed by atoms with E-state index in [9.17, 15) is 18.0 Å². The molecule has 3 rings (SSSR count). The number of carbonyl (C=O) groups excluding carboxylic acids is 2. The van der Waals surface area contributed by atoms with Gasteiger partial charge >= 0.3 is 0 Å². The summed E-state index contributed by atoms with van der Waals surface area (Å²) in [6.45, 7) is 5.89. The fourth-order valence-electron chi connectivity index (χ4n) is 4.94. The molecule has 0 spiro atoms. The molecule has 0 aromatic carbocycles. The maximum Gasteiger partial charge on any atom is 0.246 e. The lowest BCUT2D eigenvalue weighted by Gasteiger charge is -2.27. The molecule has 0 saturated carbocycles. The largest absolute Gasteiger partial charge is 0.330 e. The number of carbonyl (C=O) groups is 2. The summed E-state index contributed by atoms with van der Waals surface area (Å²) < 4.78 is 25.2. The summed E-state index contributed by atoms with van der Waals surface area (Å²) in [5.74, 6) is -0.806. The minimum absolute atomic E-state index is 0. The smallest absolute Gasteiger partial charge is 0.246 e. The number of halogens is 1. The molecular weight excluding hydrogens is 426 g/mol. The third-order valence-corrected chi connectivity index (χ3v) is 7.39. The van der Waals surface area contributed by atoms with Gasteiger partial charge in [0.25, 0.3) is 0 Å². The summed E-state index contributed by atoms with van der Waals surface area (Å²) in [6, 6.07) is -0.418. The molecule has 0 unspecified atom stereocenters. The van der Waals surface area contributed by atoms with Gasteiger partial charge in [0.15, 0.2) is 0 Å². The maximum absolute atomic E-state index is 12.9. The Hall–Kier alpha value is -1.12. The number of piperidine rings is 1. The summed E-state index contributed by atoms with van der Waals surface area (Å²) in [4.78, 5) is 29.8. The van der Waals surface area contributed by atoms with Crippen LogP contribution in [-0.4, -0.2) is 72.8 Å². The van der Waals surface area contributed by atoms with Crippen LogP contribution < -0.4 is 0 Å². The molecule has 172 valence electrons. The van der Waals surface area contributed by atoms with E-state index >= 15 is 0 Å². The standard InChI is InChI=1S/C21H35N3O4S.ClH/c1-3-10-17-20-18(24(21(17)26)29(2,27)28)12-16-23(20)19(25)11-6-4-7-13-22-14-8-5-9-15-22;/h12,17,20H,3-11,13-16H2,1-2H3;1H/t17-,20-;/m1./s1. The fourth-order valence-corrected chi connectivity index (χ4v) is 5.97. The molecule has 3 aliphatic heterocycles. The second-order valence-corrected chi connectivity index (χ2v) is 10.4. The van der Waals surface area contributed by atoms with Crippen LogP contribution >= 0.6 is 12.4 Å². The molecule has 0 bridgehead atoms. The maximum atomic E-state index is 12.9. The first-order chi connectivity index (χ1) is 13.8. The Morgan fingerprint density at radius 2 is 1.83 bits per heavy atom. The molecule has 2 atom stereocenters. The first-order valence-electron chi connectivity index (χ1n) is 11.1. The first kappa shape index (κ1) is 25.1. The summed E-state index contributed by atoms with van der Waals surface area (Å²) in [5, 5.41) is 0. The van der Waals surface area contributed by atoms with Crippen LogP contribution in [0.15, 0.2) is 11.8 Å². The molecule has 7 nitrogen and oxygen atoms in total. The van der Waals surface area contributed by atoms with E-state index in [1.54, 1.807) is 11.0 Å². The number of unbranched alkanes of at least 4 members (excludes halogenated alkanes) is 2. The van der Waals surface area contributed by atoms with Crippen LogP contribution in [0.4, 0.5) is 0 Å². The number of nitrogens with zero attached hydrogens (tertiary/aromatic N) is 3. The number of hydrogen-bond acceptors (Lipinski definition) is 5. The average molecular weight is 462 g/mol. The first-order valence-corrected chi connectivity index (χ1v) is 13.0. The van der Waals surface area contributed by atoms with Crippen molar-refractivity contribution in [2.75, 3.05) is 32.4 Å². The average Bonchev–Trinajstić information content (AvgIpc) is 3.20. The van der Waals surface area contributed by atoms with Crippen LogP contribution in [0.3, 0.4) is 0 Å². The number of rotatable bonds is 9. The third kappa shape index (κ3) is 5.56. The van der Waals surface area contributed by atoms with Gasteiger partial charge in [-0.1, -0.05) is 26.2 Å². The van der Waals surface area contributed by atoms with E-state index in [2.05, 4.69) is 4.90 Å². The van der Waals surface area contributed by atoms with E-state index < -0.39 is 22.0 Å². The summed E-state index contributed by atoms with van der Waals surface area (Å²) >= 11 is 0. The number of hydrogen-bond donors (Lipinski definition) is 0. The van der Waals surface area contributed by atoms with Gasteiger partial charge in [0.1, 0.15) is 0 Å². The van der Waals surface area contributed by atoms with E-state index in [1.807, 2.05) is 6.92 Å². The van der Waals surface area contributed by atoms with Gasteiger partial charge in [0.2, 0.25) is 21.8 Å². The van der Waals surface area contributed by atoms with Gasteiger partial charge in [-0.25, -0.2) is 12.7 Å². The van der Waals surface area contributed by atoms with E-state index in [0.717, 1.165) is 42.8 Å². The predicted molar refractivity (Wildman–Crippen MR) is 120 cm³/mol. The van der Waals surface area contributed by atoms with Crippen LogP contribution in [0, 0.1) is 5.92 Å². The van der Waals surface area contributed by atoms with Gasteiger partial charge in [-0.05, 0) is 57.8 Å². The highest BCUT2D eigenvalue weighted by atomic mass is 35.5. The number of amides is 2. The molecular formula is C21H36ClN3O4S. The molecule has 0 N–H and O–H groups in total. The predicted octanol–water partition coefficient (Wildman–Crippen LogP) is 2.77. The molecule has 3 heterocycles. The summed E-state index contributed by atoms with van der Waals surface area (Å²) in [6.07, 6.45) is 11.5. The van der Waals surface area contributed by atoms with Gasteiger partial charge < -0.3 is 9.80 Å². The third-order valence-electron chi connectivity index (χ3n) is 6.33. The van der Waals surface area contributed by atoms with Gasteiger partial charge in [-0.15, -0.1) is 12.4 Å². The molecule has 9 heteroatoms. The Balaban J connectivity index is 0.00000320. The lowest BCUT2D eigenvalue weighted by molar-refractivity contribution is -0.133. The minimum atomic E-state index is -3.67. The van der Waals surface area contributed by atoms with Crippen molar-refractivity contribution >= 4 is 34.2 Å². The number of likely N-dealkylation sites (tertiary alicyclic amines) is 1. The molecule has 2 amide bonds. The van der Waals surface area contributed by atoms with Crippen molar-refractivity contribution in [2.24, 2.45) is 5.92 Å². The fraction of sp³-hybridized carbons (Fsp3) is 0.810. The SMILES string of the molecule is CCC[C@H]1C(=O)N(S(C)(=O)=O)C2=CCN(C(=O)CCCCCN3CCCCC3)[C@@H]21.Cl. The number of fused-ring (bicyclic) bond motifs is 1. The van der Waals surface area contributed by atoms with Crippen LogP contribution in [-0.2, 0) is 19.6 Å². The summed E-state index contributed by atoms with van der Waals surface area (Å²) in [5.41, 5.74) is 0.481. The van der Waals surface area contributed by atoms with E-state index in [0.29, 0.717) is 25.1 Å². The van der Waals surface area contributed by atoms with Crippen molar-refractivity contribution in [1.29, 1.82) is 0 Å². The zero-order valence-corrected chi connectivity index (χ0v) is 19.8. The second-order valence-electron chi connectivity index (χ2n) is 8.59. The zero-order chi connectivity index (χ0) is 21.0. The Labute approximate surface area is 187 Å². The Kier molecular flexibility index (Phi) is 9.18. The van der Waals surface area contributed by atoms with Gasteiger partial charge in [0, 0.05) is 13.0 Å². The van der Waals surface area contributed by atoms with Crippen molar-refractivity contribution in [3.63, 3.8) is 0 Å². The molecule has 0 aromatic heterocycles. The van der Waals surface area contributed by atoms with Gasteiger partial charge in [0.05, 0.1) is 23.9 Å². The number of sulfonamides is 1. The molecule has 0 aliphatic carbocycles. The molecule has 2 saturated heterocycles. The van der Waals surface area contributed by atoms with E-state index in [-0.39, 0.29) is 24.2 Å². The van der Waals surface area contributed by atoms with Crippen molar-refractivity contribution in [1.82, 2.24) is 14.1 Å². The van der Waals surface area contributed by atoms with Crippen LogP contribution in [0.1, 0.15) is 64.7 Å². The Morgan fingerprint density at radius 1 is 1.13 bits per heavy atom. The lowest BCUT2D eigenvalue weighted by Crippen LogP contribution is -2.41. The van der Waals surface area contributed by atoms with Gasteiger partial charge in [-0.3, -0.25) is 9.59 Å². The zero-order valence-electron chi connectivity index (χ0n) is 18.2. The highest BCUT2D eigenvalue weighted by Gasteiger charge is 2.53. The van der Waals surface area contributed by atoms with Crippen LogP contribution in [0.2, 0.25) is 0 Å². The normalized spacial score (nSPS) is 24.6. The quantitative estimate of drug-likeness (QED) is 0.493. The highest BCUT2D eigenvalue weighted by molar-refractivity contribution is 7.89. The molecule has 0 aromatic rings. The molecule has 30 heavy (non-hydrogen) atoms. The minimum Gasteiger partial charge on any atom is -0.330 e. The molecule has 2 fully saturated rings. The topological polar surface area (TPSA) is 78.0 Å². The highest BCUT2D eigenvalue weighted by Crippen LogP contribution is 2.40. The Morgan fingerprint density at radius 3 is 2.47 bits per heavy atom. The second kappa shape index (κ2) is 11.0. The van der Waals surface area contributed by atoms with Gasteiger partial charge in [-0.2, -0.15) is 0 Å². The molecule has 3 aliphatic rings. The molecule has 0 radical (unpaired) electrons. The van der Waals surface area contributed by atoms with Crippen molar-refractivity contribution in [3.05, 3.63) is 11.8 Å². The van der Waals surface area contributed by atoms with E-state index in [4.69, 9.17) is 0 Å². The lowest BCUT2D eigenvalue weighted by atomic mass is 9.96. The monoisotopic (exact) mass is 461 g/mol. The Bertz CT molecular complexity index is 749. The summed E-state index contributed by atoms with van der Waals surface area (Å²) in [7, 11) is -3.67. The van der Waals surface area contributed by atoms with Crippen LogP contribution in [0.5, 0.6) is 0 Å². The van der Waals surface area contributed by atoms with E-state index in [1.165, 1.54) is 32.4 Å². The van der Waals surface area contributed by atoms with Crippen molar-refractivity contribution < 1.29 is 18.0 Å². The van der Waals surface area contributed by atoms with Crippen molar-refractivity contribution in [3.8, 4) is 0 Å². The van der Waals surface area contributed by atoms with Crippen molar-refractivity contribution in [2.45, 2.75) is 70.8 Å². The van der Waals surface area contributed by atoms with Crippen LogP contribution in [0.25, 0.3) is 0 Å².